The number of benzene rings is 2. The summed E-state index contributed by atoms with van der Waals surface area (Å²) in [6, 6.07) is 13.9. The van der Waals surface area contributed by atoms with Crippen molar-refractivity contribution in [2.24, 2.45) is 5.92 Å². The zero-order valence-electron chi connectivity index (χ0n) is 16.0. The molecule has 3 rings (SSSR count). The summed E-state index contributed by atoms with van der Waals surface area (Å²) in [4.78, 5) is 13.7. The minimum Gasteiger partial charge on any atom is -0.478 e. The van der Waals surface area contributed by atoms with Gasteiger partial charge >= 0.3 is 5.97 Å². The van der Waals surface area contributed by atoms with Gasteiger partial charge in [0.15, 0.2) is 0 Å². The third kappa shape index (κ3) is 3.90. The van der Waals surface area contributed by atoms with E-state index in [-0.39, 0.29) is 6.04 Å². The molecule has 0 spiro atoms. The minimum absolute atomic E-state index is 0.263. The van der Waals surface area contributed by atoms with Crippen LogP contribution in [0.3, 0.4) is 0 Å². The number of aromatic carboxylic acids is 1. The van der Waals surface area contributed by atoms with E-state index in [1.54, 1.807) is 6.07 Å². The summed E-state index contributed by atoms with van der Waals surface area (Å²) in [5.41, 5.74) is 4.77. The fourth-order valence-corrected chi connectivity index (χ4v) is 3.86. The van der Waals surface area contributed by atoms with E-state index >= 15 is 0 Å². The average molecular weight is 363 g/mol. The predicted octanol–water partition coefficient (Wildman–Crippen LogP) is 4.20. The Labute approximate surface area is 160 Å². The normalized spacial score (nSPS) is 19.4. The Morgan fingerprint density at radius 1 is 1.26 bits per heavy atom. The van der Waals surface area contributed by atoms with Crippen LogP contribution in [-0.4, -0.2) is 30.2 Å². The number of carboxylic acid groups (broad SMARTS) is 1. The largest absolute Gasteiger partial charge is 0.478 e. The van der Waals surface area contributed by atoms with Crippen LogP contribution in [0, 0.1) is 31.1 Å². The number of para-hydroxylation sites is 1. The zero-order chi connectivity index (χ0) is 19.6. The number of carboxylic acids is 1. The van der Waals surface area contributed by atoms with Gasteiger partial charge in [0, 0.05) is 24.8 Å². The molecule has 1 fully saturated rings. The first-order valence-corrected chi connectivity index (χ1v) is 9.26. The number of piperidine rings is 1. The van der Waals surface area contributed by atoms with E-state index in [9.17, 15) is 15.2 Å². The van der Waals surface area contributed by atoms with Crippen LogP contribution in [0.15, 0.2) is 36.4 Å². The molecule has 0 bridgehead atoms. The summed E-state index contributed by atoms with van der Waals surface area (Å²) >= 11 is 0. The first kappa shape index (κ1) is 18.8. The van der Waals surface area contributed by atoms with E-state index in [1.165, 1.54) is 0 Å². The zero-order valence-corrected chi connectivity index (χ0v) is 16.0. The van der Waals surface area contributed by atoms with E-state index < -0.39 is 5.97 Å². The number of nitrogens with zero attached hydrogens (tertiary/aromatic N) is 2. The maximum absolute atomic E-state index is 11.4. The molecule has 1 aliphatic rings. The highest BCUT2D eigenvalue weighted by Gasteiger charge is 2.27. The van der Waals surface area contributed by atoms with Crippen molar-refractivity contribution >= 4 is 17.3 Å². The van der Waals surface area contributed by atoms with Gasteiger partial charge in [-0.3, -0.25) is 0 Å². The number of carbonyl (C=O) groups is 1. The molecular formula is C22H25N3O2. The fourth-order valence-electron chi connectivity index (χ4n) is 3.86. The van der Waals surface area contributed by atoms with Crippen LogP contribution in [0.5, 0.6) is 0 Å². The van der Waals surface area contributed by atoms with E-state index in [0.29, 0.717) is 17.0 Å². The Bertz CT molecular complexity index is 901. The molecule has 2 N–H and O–H groups in total. The van der Waals surface area contributed by atoms with Crippen molar-refractivity contribution in [3.8, 4) is 6.07 Å². The number of aryl methyl sites for hydroxylation is 2. The van der Waals surface area contributed by atoms with Gasteiger partial charge in [-0.05, 0) is 55.5 Å². The first-order valence-electron chi connectivity index (χ1n) is 9.26. The van der Waals surface area contributed by atoms with Crippen LogP contribution < -0.4 is 10.2 Å². The lowest BCUT2D eigenvalue weighted by atomic mass is 9.92. The van der Waals surface area contributed by atoms with Gasteiger partial charge in [0.1, 0.15) is 6.07 Å². The van der Waals surface area contributed by atoms with Gasteiger partial charge in [0.2, 0.25) is 0 Å². The lowest BCUT2D eigenvalue weighted by molar-refractivity contribution is 0.0696. The van der Waals surface area contributed by atoms with E-state index in [2.05, 4.69) is 23.2 Å². The Kier molecular flexibility index (Phi) is 5.36. The van der Waals surface area contributed by atoms with Crippen molar-refractivity contribution in [3.05, 3.63) is 58.7 Å². The number of hydrogen-bond acceptors (Lipinski definition) is 4. The summed E-state index contributed by atoms with van der Waals surface area (Å²) in [5.74, 6) is -0.536. The van der Waals surface area contributed by atoms with Crippen LogP contribution in [0.2, 0.25) is 0 Å². The number of anilines is 2. The molecule has 1 aliphatic heterocycles. The maximum Gasteiger partial charge on any atom is 0.336 e. The lowest BCUT2D eigenvalue weighted by Crippen LogP contribution is -2.45. The highest BCUT2D eigenvalue weighted by molar-refractivity contribution is 5.91. The van der Waals surface area contributed by atoms with Crippen LogP contribution in [0.4, 0.5) is 11.4 Å². The second kappa shape index (κ2) is 7.71. The second-order valence-corrected chi connectivity index (χ2v) is 7.38. The summed E-state index contributed by atoms with van der Waals surface area (Å²) < 4.78 is 0. The molecule has 5 heteroatoms. The third-order valence-electron chi connectivity index (χ3n) is 5.41. The standard InChI is InChI=1S/C22H25N3O2/c1-14-10-15(2)20(11-18(14)22(26)27)24-19-8-9-25(13-16(19)3)21-7-5-4-6-17(21)12-23/h4-7,10-11,16,19,24H,8-9,13H2,1-3H3,(H,26,27). The molecular weight excluding hydrogens is 338 g/mol. The summed E-state index contributed by atoms with van der Waals surface area (Å²) in [6.45, 7) is 7.74. The van der Waals surface area contributed by atoms with E-state index in [1.807, 2.05) is 44.2 Å². The highest BCUT2D eigenvalue weighted by atomic mass is 16.4. The summed E-state index contributed by atoms with van der Waals surface area (Å²) in [5, 5.41) is 22.3. The van der Waals surface area contributed by atoms with Gasteiger partial charge in [-0.2, -0.15) is 5.26 Å². The Balaban J connectivity index is 1.76. The average Bonchev–Trinajstić information content (AvgIpc) is 2.64. The summed E-state index contributed by atoms with van der Waals surface area (Å²) in [7, 11) is 0. The van der Waals surface area contributed by atoms with Crippen molar-refractivity contribution < 1.29 is 9.90 Å². The van der Waals surface area contributed by atoms with Gasteiger partial charge in [-0.25, -0.2) is 4.79 Å². The molecule has 2 aromatic rings. The van der Waals surface area contributed by atoms with Gasteiger partial charge in [0.25, 0.3) is 0 Å². The molecule has 0 radical (unpaired) electrons. The van der Waals surface area contributed by atoms with Crippen molar-refractivity contribution in [2.75, 3.05) is 23.3 Å². The van der Waals surface area contributed by atoms with Gasteiger partial charge in [0.05, 0.1) is 16.8 Å². The number of nitrogens with one attached hydrogen (secondary N) is 1. The molecule has 0 saturated carbocycles. The molecule has 1 saturated heterocycles. The Morgan fingerprint density at radius 2 is 2.00 bits per heavy atom. The molecule has 1 heterocycles. The van der Waals surface area contributed by atoms with Gasteiger partial charge in [-0.15, -0.1) is 0 Å². The molecule has 0 aliphatic carbocycles. The maximum atomic E-state index is 11.4. The molecule has 2 aromatic carbocycles. The third-order valence-corrected chi connectivity index (χ3v) is 5.41. The lowest BCUT2D eigenvalue weighted by Gasteiger charge is -2.39. The molecule has 140 valence electrons. The molecule has 5 nitrogen and oxygen atoms in total. The SMILES string of the molecule is Cc1cc(C)c(C(=O)O)cc1NC1CCN(c2ccccc2C#N)CC1C. The number of rotatable bonds is 4. The van der Waals surface area contributed by atoms with Gasteiger partial charge in [-0.1, -0.05) is 25.1 Å². The van der Waals surface area contributed by atoms with Gasteiger partial charge < -0.3 is 15.3 Å². The predicted molar refractivity (Wildman–Crippen MR) is 107 cm³/mol. The van der Waals surface area contributed by atoms with Crippen molar-refractivity contribution in [3.63, 3.8) is 0 Å². The molecule has 0 aromatic heterocycles. The second-order valence-electron chi connectivity index (χ2n) is 7.38. The van der Waals surface area contributed by atoms with Crippen LogP contribution in [0.1, 0.15) is 40.4 Å². The quantitative estimate of drug-likeness (QED) is 0.851. The minimum atomic E-state index is -0.897. The molecule has 2 unspecified atom stereocenters. The number of nitriles is 1. The van der Waals surface area contributed by atoms with Crippen LogP contribution >= 0.6 is 0 Å². The Morgan fingerprint density at radius 3 is 2.67 bits per heavy atom. The van der Waals surface area contributed by atoms with Crippen LogP contribution in [0.25, 0.3) is 0 Å². The highest BCUT2D eigenvalue weighted by Crippen LogP contribution is 2.29. The fraction of sp³-hybridized carbons (Fsp3) is 0.364. The molecule has 2 atom stereocenters. The van der Waals surface area contributed by atoms with E-state index in [4.69, 9.17) is 0 Å². The molecule has 0 amide bonds. The topological polar surface area (TPSA) is 76.4 Å². The summed E-state index contributed by atoms with van der Waals surface area (Å²) in [6.07, 6.45) is 0.927. The first-order chi connectivity index (χ1) is 12.9. The number of hydrogen-bond donors (Lipinski definition) is 2. The van der Waals surface area contributed by atoms with Crippen molar-refractivity contribution in [2.45, 2.75) is 33.2 Å². The Hall–Kier alpha value is -3.00. The van der Waals surface area contributed by atoms with E-state index in [0.717, 1.165) is 42.0 Å². The van der Waals surface area contributed by atoms with Crippen LogP contribution in [-0.2, 0) is 0 Å². The smallest absolute Gasteiger partial charge is 0.336 e. The monoisotopic (exact) mass is 363 g/mol. The molecule has 27 heavy (non-hydrogen) atoms. The van der Waals surface area contributed by atoms with Crippen molar-refractivity contribution in [1.29, 1.82) is 5.26 Å². The van der Waals surface area contributed by atoms with Crippen molar-refractivity contribution in [1.82, 2.24) is 0 Å².